The van der Waals surface area contributed by atoms with Crippen LogP contribution in [-0.2, 0) is 44.4 Å². The van der Waals surface area contributed by atoms with Crippen molar-refractivity contribution in [1.82, 2.24) is 102 Å². The highest BCUT2D eigenvalue weighted by atomic mass is 28.4. The topological polar surface area (TPSA) is 354 Å². The lowest BCUT2D eigenvalue weighted by atomic mass is 10.7. The van der Waals surface area contributed by atoms with Gasteiger partial charge in [0.05, 0.1) is 19.8 Å². The third kappa shape index (κ3) is 10.7. The van der Waals surface area contributed by atoms with E-state index in [1.165, 1.54) is 0 Å². The van der Waals surface area contributed by atoms with Crippen molar-refractivity contribution >= 4 is 64.5 Å². The molecule has 0 saturated carbocycles. The molecule has 0 aliphatic carbocycles. The molecule has 0 amide bonds. The molecule has 30 heteroatoms. The maximum Gasteiger partial charge on any atom is 0.332 e. The molecular weight excluding hydrogens is 721 g/mol. The molecule has 6 aromatic heterocycles. The molecule has 52 heavy (non-hydrogen) atoms. The van der Waals surface area contributed by atoms with E-state index in [-0.39, 0.29) is 67.4 Å². The first-order chi connectivity index (χ1) is 25.0. The van der Waals surface area contributed by atoms with Crippen LogP contribution in [0.2, 0.25) is 32.7 Å². The highest BCUT2D eigenvalue weighted by Crippen LogP contribution is 2.15. The van der Waals surface area contributed by atoms with Crippen LogP contribution in [0.25, 0.3) is 0 Å². The van der Waals surface area contributed by atoms with Gasteiger partial charge in [0, 0.05) is 7.11 Å². The summed E-state index contributed by atoms with van der Waals surface area (Å²) in [6, 6.07) is 0. The second-order valence-electron chi connectivity index (χ2n) is 11.8. The molecule has 6 heterocycles. The van der Waals surface area contributed by atoms with Gasteiger partial charge in [0.2, 0.25) is 23.8 Å². The number of methoxy groups -OCH3 is 1. The Balaban J connectivity index is 0.910. The van der Waals surface area contributed by atoms with Gasteiger partial charge in [-0.1, -0.05) is 0 Å². The van der Waals surface area contributed by atoms with Gasteiger partial charge in [-0.2, -0.15) is 19.9 Å². The van der Waals surface area contributed by atoms with Crippen molar-refractivity contribution in [2.24, 2.45) is 0 Å². The van der Waals surface area contributed by atoms with Crippen LogP contribution >= 0.6 is 0 Å². The summed E-state index contributed by atoms with van der Waals surface area (Å²) in [4.78, 5) is 17.1. The Kier molecular flexibility index (Phi) is 10.9. The van der Waals surface area contributed by atoms with Gasteiger partial charge in [-0.15, -0.1) is 61.2 Å². The Morgan fingerprint density at radius 3 is 1.00 bits per heavy atom. The van der Waals surface area contributed by atoms with E-state index >= 15 is 0 Å². The number of aromatic amines is 4. The van der Waals surface area contributed by atoms with Gasteiger partial charge in [-0.05, 0) is 32.7 Å². The molecule has 274 valence electrons. The minimum Gasteiger partial charge on any atom is -0.410 e. The minimum absolute atomic E-state index is 0.0691. The summed E-state index contributed by atoms with van der Waals surface area (Å²) in [5, 5.41) is 70.2. The first kappa shape index (κ1) is 35.7. The second kappa shape index (κ2) is 15.9. The van der Waals surface area contributed by atoms with Crippen LogP contribution in [-0.4, -0.2) is 126 Å². The van der Waals surface area contributed by atoms with Gasteiger partial charge in [0.15, 0.2) is 31.6 Å². The predicted octanol–water partition coefficient (Wildman–Crippen LogP) is 0.227. The standard InChI is InChI=1S/C22H34N24O4Si2/c1-47-7-11-23-15(35-31-11)27-19-39-43-21(44-40-19)29-17-25-13(33-37-17)9-49-52(5,6)50-10-14-26-18(38-34-14)30-22-45-41-20(42-46-22)28-16-24-12(32-36-16)8-48-51(2,3)4/h7-10H2,1-6H3,(H2,23,27,31,35,39,40)(H2,24,28,32,36,41,42)(H2,25,29,33,37,43,44)(H2,26,30,34,38,45,46). The fourth-order valence-electron chi connectivity index (χ4n) is 3.67. The largest absolute Gasteiger partial charge is 0.410 e. The number of nitrogens with one attached hydrogen (secondary N) is 8. The molecule has 0 fully saturated rings. The quantitative estimate of drug-likeness (QED) is 0.0513. The van der Waals surface area contributed by atoms with E-state index in [4.69, 9.17) is 18.0 Å². The Labute approximate surface area is 294 Å². The van der Waals surface area contributed by atoms with E-state index in [2.05, 4.69) is 142 Å². The monoisotopic (exact) mass is 754 g/mol. The van der Waals surface area contributed by atoms with Crippen molar-refractivity contribution in [3.05, 3.63) is 23.3 Å². The van der Waals surface area contributed by atoms with Crippen molar-refractivity contribution < 1.29 is 18.0 Å². The summed E-state index contributed by atoms with van der Waals surface area (Å²) in [7, 11) is -2.79. The molecule has 6 aromatic rings. The van der Waals surface area contributed by atoms with Crippen LogP contribution < -0.4 is 21.3 Å². The van der Waals surface area contributed by atoms with E-state index in [9.17, 15) is 0 Å². The zero-order chi connectivity index (χ0) is 36.6. The van der Waals surface area contributed by atoms with E-state index < -0.39 is 16.9 Å². The molecule has 0 aliphatic heterocycles. The third-order valence-corrected chi connectivity index (χ3v) is 8.70. The number of aromatic nitrogens is 20. The Bertz CT molecular complexity index is 2010. The zero-order valence-electron chi connectivity index (χ0n) is 28.6. The smallest absolute Gasteiger partial charge is 0.332 e. The highest BCUT2D eigenvalue weighted by Gasteiger charge is 2.26. The van der Waals surface area contributed by atoms with Gasteiger partial charge >= 0.3 is 8.56 Å². The summed E-state index contributed by atoms with van der Waals surface area (Å²) < 4.78 is 22.8. The second-order valence-corrected chi connectivity index (χ2v) is 19.7. The van der Waals surface area contributed by atoms with Crippen LogP contribution in [0, 0.1) is 0 Å². The maximum absolute atomic E-state index is 6.01. The Morgan fingerprint density at radius 2 is 0.712 bits per heavy atom. The molecule has 0 radical (unpaired) electrons. The van der Waals surface area contributed by atoms with Gasteiger partial charge in [-0.3, -0.25) is 41.7 Å². The van der Waals surface area contributed by atoms with Crippen molar-refractivity contribution in [3.8, 4) is 0 Å². The molecule has 0 unspecified atom stereocenters. The SMILES string of the molecule is COCc1nc(Nc2nnc(Nc3n[nH]c(CO[Si](C)(C)OCc4nc(Nc5nnc(Nc6n[nH]c(CO[Si](C)(C)C)n6)nn5)n[nH]4)n3)nn2)n[nH]1. The molecule has 0 saturated heterocycles. The van der Waals surface area contributed by atoms with Gasteiger partial charge in [0.25, 0.3) is 23.8 Å². The molecule has 8 N–H and O–H groups in total. The normalized spacial score (nSPS) is 11.9. The molecule has 0 aromatic carbocycles. The first-order valence-corrected chi connectivity index (χ1v) is 21.5. The first-order valence-electron chi connectivity index (χ1n) is 15.3. The lowest BCUT2D eigenvalue weighted by Crippen LogP contribution is -2.34. The number of hydrogen-bond donors (Lipinski definition) is 8. The molecular formula is C22H34N24O4Si2. The molecule has 0 atom stereocenters. The minimum atomic E-state index is -2.65. The summed E-state index contributed by atoms with van der Waals surface area (Å²) in [6.07, 6.45) is 0. The molecule has 6 rings (SSSR count). The van der Waals surface area contributed by atoms with E-state index in [0.717, 1.165) is 0 Å². The van der Waals surface area contributed by atoms with Crippen molar-refractivity contribution in [2.45, 2.75) is 59.2 Å². The number of ether oxygens (including phenoxy) is 1. The lowest BCUT2D eigenvalue weighted by Gasteiger charge is -2.21. The average Bonchev–Trinajstić information content (AvgIpc) is 3.93. The van der Waals surface area contributed by atoms with E-state index in [1.54, 1.807) is 7.11 Å². The molecule has 0 bridgehead atoms. The fourth-order valence-corrected chi connectivity index (χ4v) is 5.29. The summed E-state index contributed by atoms with van der Waals surface area (Å²) >= 11 is 0. The number of rotatable bonds is 19. The van der Waals surface area contributed by atoms with Crippen LogP contribution in [0.4, 0.5) is 47.6 Å². The third-order valence-electron chi connectivity index (χ3n) is 6.02. The zero-order valence-corrected chi connectivity index (χ0v) is 30.6. The fraction of sp³-hybridized carbons (Fsp3) is 0.455. The van der Waals surface area contributed by atoms with Crippen LogP contribution in [0.15, 0.2) is 0 Å². The van der Waals surface area contributed by atoms with Crippen LogP contribution in [0.1, 0.15) is 23.3 Å². The van der Waals surface area contributed by atoms with Crippen molar-refractivity contribution in [3.63, 3.8) is 0 Å². The number of nitrogens with zero attached hydrogens (tertiary/aromatic N) is 16. The van der Waals surface area contributed by atoms with Gasteiger partial charge < -0.3 is 18.0 Å². The van der Waals surface area contributed by atoms with Gasteiger partial charge in [0.1, 0.15) is 6.61 Å². The van der Waals surface area contributed by atoms with E-state index in [0.29, 0.717) is 29.9 Å². The predicted molar refractivity (Wildman–Crippen MR) is 180 cm³/mol. The number of H-pyrrole nitrogens is 4. The summed E-state index contributed by atoms with van der Waals surface area (Å²) in [6.45, 7) is 10.8. The lowest BCUT2D eigenvalue weighted by molar-refractivity contribution is 0.157. The molecule has 28 nitrogen and oxygen atoms in total. The highest BCUT2D eigenvalue weighted by molar-refractivity contribution is 6.69. The number of hydrogen-bond acceptors (Lipinski definition) is 24. The Hall–Kier alpha value is -6.09. The van der Waals surface area contributed by atoms with Crippen LogP contribution in [0.5, 0.6) is 0 Å². The van der Waals surface area contributed by atoms with Crippen LogP contribution in [0.3, 0.4) is 0 Å². The maximum atomic E-state index is 6.01. The van der Waals surface area contributed by atoms with Crippen molar-refractivity contribution in [2.75, 3.05) is 28.4 Å². The summed E-state index contributed by atoms with van der Waals surface area (Å²) in [5.74, 6) is 3.20. The number of anilines is 8. The Morgan fingerprint density at radius 1 is 0.423 bits per heavy atom. The average molecular weight is 755 g/mol. The molecule has 0 aliphatic rings. The summed E-state index contributed by atoms with van der Waals surface area (Å²) in [5.41, 5.74) is 0. The van der Waals surface area contributed by atoms with E-state index in [1.807, 2.05) is 13.1 Å². The van der Waals surface area contributed by atoms with Crippen molar-refractivity contribution in [1.29, 1.82) is 0 Å². The molecule has 0 spiro atoms. The van der Waals surface area contributed by atoms with Gasteiger partial charge in [-0.25, -0.2) is 0 Å².